The maximum absolute atomic E-state index is 9.99. The normalized spacial score (nSPS) is 6.89. The number of carboxylic acids is 2. The Balaban J connectivity index is -0.0000000922. The van der Waals surface area contributed by atoms with Gasteiger partial charge in [-0.05, 0) is 0 Å². The summed E-state index contributed by atoms with van der Waals surface area (Å²) < 4.78 is 8.37. The molecule has 0 aromatic carbocycles. The first kappa shape index (κ1) is 25.7. The van der Waals surface area contributed by atoms with E-state index in [9.17, 15) is 9.59 Å². The van der Waals surface area contributed by atoms with Crippen LogP contribution in [-0.2, 0) is 48.6 Å². The van der Waals surface area contributed by atoms with E-state index in [4.69, 9.17) is 19.8 Å². The van der Waals surface area contributed by atoms with Crippen LogP contribution < -0.4 is 0 Å². The molecular formula is C8H14O8PtS. The van der Waals surface area contributed by atoms with Gasteiger partial charge < -0.3 is 18.6 Å². The SMILES string of the molecule is CC(=O)O.CC(=O)O.CC(=O)OSOC(C)=O.[Pt]. The average Bonchev–Trinajstić information content (AvgIpc) is 1.99. The minimum Gasteiger partial charge on any atom is -0.481 e. The molecule has 0 bridgehead atoms. The zero-order valence-electron chi connectivity index (χ0n) is 10.1. The first-order valence-electron chi connectivity index (χ1n) is 4.01. The number of hydrogen-bond acceptors (Lipinski definition) is 7. The van der Waals surface area contributed by atoms with E-state index in [1.807, 2.05) is 0 Å². The number of carbonyl (C=O) groups is 4. The maximum Gasteiger partial charge on any atom is 0.317 e. The summed E-state index contributed by atoms with van der Waals surface area (Å²) in [7, 11) is 0. The molecule has 0 saturated heterocycles. The molecule has 2 N–H and O–H groups in total. The smallest absolute Gasteiger partial charge is 0.317 e. The molecule has 0 heterocycles. The van der Waals surface area contributed by atoms with Crippen molar-refractivity contribution in [2.75, 3.05) is 0 Å². The fourth-order valence-electron chi connectivity index (χ4n) is 0.113. The van der Waals surface area contributed by atoms with Crippen LogP contribution in [0.1, 0.15) is 27.7 Å². The van der Waals surface area contributed by atoms with Crippen LogP contribution in [0.5, 0.6) is 0 Å². The molecule has 8 nitrogen and oxygen atoms in total. The fourth-order valence-corrected chi connectivity index (χ4v) is 0.338. The zero-order chi connectivity index (χ0) is 14.4. The molecule has 0 radical (unpaired) electrons. The molecule has 18 heavy (non-hydrogen) atoms. The summed E-state index contributed by atoms with van der Waals surface area (Å²) in [6.07, 6.45) is 0. The summed E-state index contributed by atoms with van der Waals surface area (Å²) in [5.74, 6) is -2.66. The molecule has 0 rings (SSSR count). The van der Waals surface area contributed by atoms with Crippen LogP contribution in [0, 0.1) is 0 Å². The van der Waals surface area contributed by atoms with Gasteiger partial charge in [-0.1, -0.05) is 0 Å². The summed E-state index contributed by atoms with van der Waals surface area (Å²) in [4.78, 5) is 38.0. The molecule has 0 aliphatic carbocycles. The number of aliphatic carboxylic acids is 2. The van der Waals surface area contributed by atoms with Gasteiger partial charge in [0.05, 0.1) is 0 Å². The third kappa shape index (κ3) is 119. The Kier molecular flexibility index (Phi) is 26.1. The predicted molar refractivity (Wildman–Crippen MR) is 57.7 cm³/mol. The van der Waals surface area contributed by atoms with Gasteiger partial charge in [0.1, 0.15) is 0 Å². The second-order valence-corrected chi connectivity index (χ2v) is 2.73. The van der Waals surface area contributed by atoms with E-state index >= 15 is 0 Å². The van der Waals surface area contributed by atoms with Gasteiger partial charge in [-0.25, -0.2) is 0 Å². The van der Waals surface area contributed by atoms with E-state index in [0.717, 1.165) is 13.8 Å². The molecule has 0 atom stereocenters. The minimum atomic E-state index is -0.833. The summed E-state index contributed by atoms with van der Waals surface area (Å²) in [6.45, 7) is 4.60. The minimum absolute atomic E-state index is 0. The molecule has 110 valence electrons. The Morgan fingerprint density at radius 2 is 0.944 bits per heavy atom. The quantitative estimate of drug-likeness (QED) is 0.571. The topological polar surface area (TPSA) is 127 Å². The van der Waals surface area contributed by atoms with Crippen LogP contribution >= 0.6 is 12.3 Å². The van der Waals surface area contributed by atoms with E-state index in [2.05, 4.69) is 8.37 Å². The molecule has 0 aromatic rings. The van der Waals surface area contributed by atoms with Crippen molar-refractivity contribution in [3.05, 3.63) is 0 Å². The monoisotopic (exact) mass is 465 g/mol. The van der Waals surface area contributed by atoms with Gasteiger partial charge in [0.15, 0.2) is 0 Å². The van der Waals surface area contributed by atoms with E-state index < -0.39 is 23.9 Å². The predicted octanol–water partition coefficient (Wildman–Crippen LogP) is 0.855. The molecule has 0 aromatic heterocycles. The van der Waals surface area contributed by atoms with Crippen LogP contribution in [0.25, 0.3) is 0 Å². The van der Waals surface area contributed by atoms with Gasteiger partial charge in [-0.3, -0.25) is 19.2 Å². The second kappa shape index (κ2) is 18.3. The molecule has 0 amide bonds. The van der Waals surface area contributed by atoms with Gasteiger partial charge in [0, 0.05) is 48.8 Å². The summed E-state index contributed by atoms with van der Waals surface area (Å²) in [5, 5.41) is 14.8. The van der Waals surface area contributed by atoms with Crippen molar-refractivity contribution in [2.45, 2.75) is 27.7 Å². The molecule has 0 saturated carbocycles. The third-order valence-electron chi connectivity index (χ3n) is 0.303. The first-order chi connectivity index (χ1) is 7.59. The molecule has 0 unspecified atom stereocenters. The van der Waals surface area contributed by atoms with Gasteiger partial charge >= 0.3 is 11.9 Å². The summed E-state index contributed by atoms with van der Waals surface area (Å²) in [5.41, 5.74) is 0. The standard InChI is InChI=1S/C4H6O4S.2C2H4O2.Pt/c1-3(5)7-9-8-4(2)6;2*1-2(3)4;/h1-2H3;2*1H3,(H,3,4);. The molecule has 0 aliphatic heterocycles. The van der Waals surface area contributed by atoms with E-state index in [1.54, 1.807) is 0 Å². The number of rotatable bonds is 2. The van der Waals surface area contributed by atoms with Crippen LogP contribution in [-0.4, -0.2) is 34.1 Å². The molecule has 0 aliphatic rings. The summed E-state index contributed by atoms with van der Waals surface area (Å²) >= 11 is 0.370. The molecule has 10 heteroatoms. The van der Waals surface area contributed by atoms with Crippen molar-refractivity contribution in [3.63, 3.8) is 0 Å². The van der Waals surface area contributed by atoms with Crippen LogP contribution in [0.4, 0.5) is 0 Å². The Bertz CT molecular complexity index is 234. The van der Waals surface area contributed by atoms with E-state index in [-0.39, 0.29) is 21.1 Å². The Morgan fingerprint density at radius 1 is 0.778 bits per heavy atom. The number of hydrogen-bond donors (Lipinski definition) is 2. The van der Waals surface area contributed by atoms with Crippen molar-refractivity contribution in [1.29, 1.82) is 0 Å². The van der Waals surface area contributed by atoms with Crippen molar-refractivity contribution in [2.24, 2.45) is 0 Å². The number of carbonyl (C=O) groups excluding carboxylic acids is 2. The van der Waals surface area contributed by atoms with Crippen LogP contribution in [0.3, 0.4) is 0 Å². The van der Waals surface area contributed by atoms with Crippen molar-refractivity contribution >= 4 is 36.2 Å². The van der Waals surface area contributed by atoms with Crippen molar-refractivity contribution in [3.8, 4) is 0 Å². The number of carboxylic acid groups (broad SMARTS) is 2. The van der Waals surface area contributed by atoms with Gasteiger partial charge in [-0.15, -0.1) is 0 Å². The van der Waals surface area contributed by atoms with E-state index in [1.165, 1.54) is 13.8 Å². The molecule has 0 fully saturated rings. The van der Waals surface area contributed by atoms with Gasteiger partial charge in [0.25, 0.3) is 24.3 Å². The third-order valence-corrected chi connectivity index (χ3v) is 0.908. The van der Waals surface area contributed by atoms with Crippen molar-refractivity contribution < 1.29 is 58.8 Å². The largest absolute Gasteiger partial charge is 0.481 e. The van der Waals surface area contributed by atoms with Crippen molar-refractivity contribution in [1.82, 2.24) is 0 Å². The van der Waals surface area contributed by atoms with Gasteiger partial charge in [0.2, 0.25) is 0 Å². The first-order valence-corrected chi connectivity index (χ1v) is 4.67. The second-order valence-electron chi connectivity index (χ2n) is 2.26. The van der Waals surface area contributed by atoms with E-state index in [0.29, 0.717) is 12.3 Å². The zero-order valence-corrected chi connectivity index (χ0v) is 13.2. The Labute approximate surface area is 123 Å². The van der Waals surface area contributed by atoms with Crippen LogP contribution in [0.2, 0.25) is 0 Å². The molecular weight excluding hydrogens is 451 g/mol. The fraction of sp³-hybridized carbons (Fsp3) is 0.500. The molecule has 0 spiro atoms. The van der Waals surface area contributed by atoms with Crippen LogP contribution in [0.15, 0.2) is 0 Å². The summed E-state index contributed by atoms with van der Waals surface area (Å²) in [6, 6.07) is 0. The van der Waals surface area contributed by atoms with Gasteiger partial charge in [-0.2, -0.15) is 0 Å². The Hall–Kier alpha value is -1.08. The average molecular weight is 465 g/mol. The maximum atomic E-state index is 9.99. The Morgan fingerprint density at radius 3 is 1.06 bits per heavy atom.